The van der Waals surface area contributed by atoms with Crippen LogP contribution in [0.4, 0.5) is 0 Å². The van der Waals surface area contributed by atoms with E-state index in [4.69, 9.17) is 10.8 Å². The van der Waals surface area contributed by atoms with Gasteiger partial charge in [-0.25, -0.2) is 4.79 Å². The Morgan fingerprint density at radius 2 is 1.89 bits per heavy atom. The molecule has 0 saturated carbocycles. The summed E-state index contributed by atoms with van der Waals surface area (Å²) in [5, 5.41) is 9.00. The van der Waals surface area contributed by atoms with Gasteiger partial charge in [-0.15, -0.1) is 11.8 Å². The fourth-order valence-corrected chi connectivity index (χ4v) is 2.15. The summed E-state index contributed by atoms with van der Waals surface area (Å²) in [7, 11) is 0. The first-order valence-corrected chi connectivity index (χ1v) is 6.63. The lowest BCUT2D eigenvalue weighted by Crippen LogP contribution is -2.41. The fraction of sp³-hybridized carbons (Fsp3) is 0.385. The number of carboxylic acids is 1. The fourth-order valence-electron chi connectivity index (χ4n) is 1.29. The third-order valence-electron chi connectivity index (χ3n) is 2.69. The second-order valence-electron chi connectivity index (χ2n) is 4.21. The molecule has 1 atom stereocenters. The van der Waals surface area contributed by atoms with Crippen molar-refractivity contribution in [2.24, 2.45) is 5.73 Å². The van der Waals surface area contributed by atoms with Gasteiger partial charge >= 0.3 is 5.97 Å². The molecule has 4 nitrogen and oxygen atoms in total. The Morgan fingerprint density at radius 3 is 2.33 bits per heavy atom. The smallest absolute Gasteiger partial charge is 0.328 e. The molecular weight excluding hydrogens is 250 g/mol. The summed E-state index contributed by atoms with van der Waals surface area (Å²) < 4.78 is 0. The number of Topliss-reactive ketones (excluding diaryl/α,β-unsaturated/α-hetero) is 1. The van der Waals surface area contributed by atoms with Crippen LogP contribution in [0.25, 0.3) is 0 Å². The van der Waals surface area contributed by atoms with Crippen molar-refractivity contribution >= 4 is 23.5 Å². The molecule has 0 aliphatic heterocycles. The van der Waals surface area contributed by atoms with E-state index in [1.54, 1.807) is 24.3 Å². The SMILES string of the molecule is CCC(=O)CSc1ccc(C(C)(N)C(=O)O)cc1. The van der Waals surface area contributed by atoms with Crippen LogP contribution in [0.5, 0.6) is 0 Å². The summed E-state index contributed by atoms with van der Waals surface area (Å²) in [5.74, 6) is -0.434. The van der Waals surface area contributed by atoms with Crippen molar-refractivity contribution in [2.75, 3.05) is 5.75 Å². The first-order valence-electron chi connectivity index (χ1n) is 5.65. The summed E-state index contributed by atoms with van der Waals surface area (Å²) in [5.41, 5.74) is 4.87. The van der Waals surface area contributed by atoms with E-state index in [1.807, 2.05) is 6.92 Å². The molecule has 5 heteroatoms. The summed E-state index contributed by atoms with van der Waals surface area (Å²) >= 11 is 1.44. The van der Waals surface area contributed by atoms with Crippen LogP contribution in [0.3, 0.4) is 0 Å². The number of ketones is 1. The average Bonchev–Trinajstić information content (AvgIpc) is 2.36. The van der Waals surface area contributed by atoms with E-state index in [0.717, 1.165) is 4.90 Å². The van der Waals surface area contributed by atoms with E-state index in [1.165, 1.54) is 18.7 Å². The molecule has 0 heterocycles. The molecule has 98 valence electrons. The van der Waals surface area contributed by atoms with Gasteiger partial charge in [0.15, 0.2) is 0 Å². The largest absolute Gasteiger partial charge is 0.480 e. The third-order valence-corrected chi connectivity index (χ3v) is 3.76. The van der Waals surface area contributed by atoms with Crippen molar-refractivity contribution < 1.29 is 14.7 Å². The van der Waals surface area contributed by atoms with E-state index >= 15 is 0 Å². The number of carbonyl (C=O) groups excluding carboxylic acids is 1. The van der Waals surface area contributed by atoms with E-state index < -0.39 is 11.5 Å². The van der Waals surface area contributed by atoms with Gasteiger partial charge in [0.05, 0.1) is 5.75 Å². The topological polar surface area (TPSA) is 80.4 Å². The van der Waals surface area contributed by atoms with Crippen LogP contribution in [0.15, 0.2) is 29.2 Å². The van der Waals surface area contributed by atoms with Crippen LogP contribution in [-0.2, 0) is 15.1 Å². The first-order chi connectivity index (χ1) is 8.37. The molecule has 0 aliphatic carbocycles. The van der Waals surface area contributed by atoms with Crippen LogP contribution in [0, 0.1) is 0 Å². The minimum absolute atomic E-state index is 0.193. The molecule has 0 amide bonds. The first kappa shape index (κ1) is 14.7. The number of nitrogens with two attached hydrogens (primary N) is 1. The van der Waals surface area contributed by atoms with Gasteiger partial charge < -0.3 is 10.8 Å². The van der Waals surface area contributed by atoms with Crippen LogP contribution in [-0.4, -0.2) is 22.6 Å². The molecule has 0 bridgehead atoms. The van der Waals surface area contributed by atoms with Crippen molar-refractivity contribution in [1.82, 2.24) is 0 Å². The van der Waals surface area contributed by atoms with Crippen LogP contribution >= 0.6 is 11.8 Å². The van der Waals surface area contributed by atoms with Gasteiger partial charge in [0.1, 0.15) is 11.3 Å². The Bertz CT molecular complexity index is 440. The monoisotopic (exact) mass is 267 g/mol. The molecule has 1 aromatic carbocycles. The summed E-state index contributed by atoms with van der Waals surface area (Å²) in [6.45, 7) is 3.29. The summed E-state index contributed by atoms with van der Waals surface area (Å²) in [6.07, 6.45) is 0.533. The van der Waals surface area contributed by atoms with Gasteiger partial charge in [-0.1, -0.05) is 19.1 Å². The molecule has 3 N–H and O–H groups in total. The molecule has 1 rings (SSSR count). The zero-order chi connectivity index (χ0) is 13.8. The maximum Gasteiger partial charge on any atom is 0.328 e. The predicted molar refractivity (Wildman–Crippen MR) is 71.6 cm³/mol. The van der Waals surface area contributed by atoms with Crippen molar-refractivity contribution in [3.63, 3.8) is 0 Å². The number of thioether (sulfide) groups is 1. The van der Waals surface area contributed by atoms with Crippen LogP contribution < -0.4 is 5.73 Å². The highest BCUT2D eigenvalue weighted by Gasteiger charge is 2.29. The molecule has 0 saturated heterocycles. The van der Waals surface area contributed by atoms with Gasteiger partial charge in [0.2, 0.25) is 0 Å². The number of hydrogen-bond acceptors (Lipinski definition) is 4. The molecule has 0 fully saturated rings. The number of benzene rings is 1. The van der Waals surface area contributed by atoms with Gasteiger partial charge in [-0.2, -0.15) is 0 Å². The van der Waals surface area contributed by atoms with E-state index in [2.05, 4.69) is 0 Å². The number of hydrogen-bond donors (Lipinski definition) is 2. The number of carboxylic acid groups (broad SMARTS) is 1. The van der Waals surface area contributed by atoms with Gasteiger partial charge in [0.25, 0.3) is 0 Å². The molecule has 18 heavy (non-hydrogen) atoms. The highest BCUT2D eigenvalue weighted by molar-refractivity contribution is 8.00. The second-order valence-corrected chi connectivity index (χ2v) is 5.26. The van der Waals surface area contributed by atoms with Gasteiger partial charge in [-0.3, -0.25) is 4.79 Å². The zero-order valence-corrected chi connectivity index (χ0v) is 11.3. The summed E-state index contributed by atoms with van der Waals surface area (Å²) in [6, 6.07) is 6.95. The Hall–Kier alpha value is -1.33. The molecule has 0 aromatic heterocycles. The Morgan fingerprint density at radius 1 is 1.33 bits per heavy atom. The van der Waals surface area contributed by atoms with E-state index in [9.17, 15) is 9.59 Å². The Kier molecular flexibility index (Phi) is 4.93. The van der Waals surface area contributed by atoms with Gasteiger partial charge in [0, 0.05) is 11.3 Å². The minimum Gasteiger partial charge on any atom is -0.480 e. The molecule has 0 spiro atoms. The standard InChI is InChI=1S/C13H17NO3S/c1-3-10(15)8-18-11-6-4-9(5-7-11)13(2,14)12(16)17/h4-7H,3,8,14H2,1-2H3,(H,16,17). The van der Waals surface area contributed by atoms with Crippen molar-refractivity contribution in [3.05, 3.63) is 29.8 Å². The molecule has 1 unspecified atom stereocenters. The number of carbonyl (C=O) groups is 2. The molecule has 1 aromatic rings. The lowest BCUT2D eigenvalue weighted by Gasteiger charge is -2.19. The maximum absolute atomic E-state index is 11.2. The molecule has 0 aliphatic rings. The van der Waals surface area contributed by atoms with Crippen LogP contribution in [0.1, 0.15) is 25.8 Å². The summed E-state index contributed by atoms with van der Waals surface area (Å²) in [4.78, 5) is 23.1. The minimum atomic E-state index is -1.39. The lowest BCUT2D eigenvalue weighted by molar-refractivity contribution is -0.143. The van der Waals surface area contributed by atoms with Crippen LogP contribution in [0.2, 0.25) is 0 Å². The second kappa shape index (κ2) is 6.02. The van der Waals surface area contributed by atoms with Crippen molar-refractivity contribution in [3.8, 4) is 0 Å². The van der Waals surface area contributed by atoms with Crippen molar-refractivity contribution in [2.45, 2.75) is 30.7 Å². The zero-order valence-electron chi connectivity index (χ0n) is 10.5. The molecule has 0 radical (unpaired) electrons. The number of aliphatic carboxylic acids is 1. The highest BCUT2D eigenvalue weighted by atomic mass is 32.2. The normalized spacial score (nSPS) is 13.9. The van der Waals surface area contributed by atoms with E-state index in [0.29, 0.717) is 17.7 Å². The quantitative estimate of drug-likeness (QED) is 0.771. The lowest BCUT2D eigenvalue weighted by atomic mass is 9.94. The highest BCUT2D eigenvalue weighted by Crippen LogP contribution is 2.23. The van der Waals surface area contributed by atoms with Gasteiger partial charge in [-0.05, 0) is 24.6 Å². The van der Waals surface area contributed by atoms with E-state index in [-0.39, 0.29) is 5.78 Å². The molecular formula is C13H17NO3S. The Balaban J connectivity index is 2.74. The Labute approximate surface area is 111 Å². The number of rotatable bonds is 6. The average molecular weight is 267 g/mol. The maximum atomic E-state index is 11.2. The van der Waals surface area contributed by atoms with Crippen molar-refractivity contribution in [1.29, 1.82) is 0 Å². The third kappa shape index (κ3) is 3.58. The predicted octanol–water partition coefficient (Wildman–Crippen LogP) is 2.02.